The quantitative estimate of drug-likeness (QED) is 0.895. The molecule has 0 bridgehead atoms. The van der Waals surface area contributed by atoms with Crippen molar-refractivity contribution in [3.8, 4) is 0 Å². The van der Waals surface area contributed by atoms with Crippen molar-refractivity contribution >= 4 is 5.91 Å². The molecule has 0 spiro atoms. The third-order valence-corrected chi connectivity index (χ3v) is 4.44. The molecular weight excluding hydrogens is 335 g/mol. The van der Waals surface area contributed by atoms with Crippen molar-refractivity contribution in [2.45, 2.75) is 37.4 Å². The Morgan fingerprint density at radius 1 is 1.24 bits per heavy atom. The Bertz CT molecular complexity index is 636. The van der Waals surface area contributed by atoms with Crippen LogP contribution in [0.2, 0.25) is 0 Å². The fourth-order valence-electron chi connectivity index (χ4n) is 3.20. The number of carbonyl (C=O) groups excluding carboxylic acids is 1. The predicted molar refractivity (Wildman–Crippen MR) is 84.5 cm³/mol. The maximum atomic E-state index is 12.9. The Kier molecular flexibility index (Phi) is 5.05. The van der Waals surface area contributed by atoms with Gasteiger partial charge in [0.15, 0.2) is 0 Å². The van der Waals surface area contributed by atoms with Crippen LogP contribution < -0.4 is 5.73 Å². The molecule has 0 radical (unpaired) electrons. The molecule has 3 unspecified atom stereocenters. The van der Waals surface area contributed by atoms with E-state index in [0.29, 0.717) is 6.42 Å². The summed E-state index contributed by atoms with van der Waals surface area (Å²) in [4.78, 5) is 15.1. The number of carbonyl (C=O) groups is 1. The number of benzene rings is 1. The lowest BCUT2D eigenvalue weighted by molar-refractivity contribution is -0.184. The first kappa shape index (κ1) is 17.8. The fourth-order valence-corrected chi connectivity index (χ4v) is 3.20. The van der Waals surface area contributed by atoms with Crippen LogP contribution in [0, 0.1) is 0 Å². The number of nitrogens with two attached hydrogens (primary N) is 1. The molecule has 6 nitrogen and oxygen atoms in total. The van der Waals surface area contributed by atoms with Gasteiger partial charge in [0, 0.05) is 25.6 Å². The Labute approximate surface area is 143 Å². The highest BCUT2D eigenvalue weighted by Gasteiger charge is 2.51. The van der Waals surface area contributed by atoms with Gasteiger partial charge in [0.25, 0.3) is 0 Å². The molecular formula is C16H20F3N5O. The Morgan fingerprint density at radius 2 is 1.96 bits per heavy atom. The van der Waals surface area contributed by atoms with Crippen molar-refractivity contribution in [1.82, 2.24) is 9.80 Å². The fraction of sp³-hybridized carbons (Fsp3) is 0.562. The maximum absolute atomic E-state index is 12.9. The van der Waals surface area contributed by atoms with Crippen LogP contribution in [-0.4, -0.2) is 59.9 Å². The Hall–Kier alpha value is -2.00. The molecule has 2 aliphatic rings. The number of alkyl halides is 3. The van der Waals surface area contributed by atoms with Gasteiger partial charge in [-0.2, -0.15) is 23.4 Å². The van der Waals surface area contributed by atoms with Crippen molar-refractivity contribution in [2.24, 2.45) is 16.0 Å². The van der Waals surface area contributed by atoms with E-state index in [0.717, 1.165) is 5.56 Å². The van der Waals surface area contributed by atoms with Gasteiger partial charge < -0.3 is 10.6 Å². The molecule has 2 heterocycles. The molecule has 2 N–H and O–H groups in total. The van der Waals surface area contributed by atoms with E-state index in [1.54, 1.807) is 0 Å². The standard InChI is InChI=1S/C16H20F3N5O/c17-16(18,19)15-22-21-13-10-23(6-7-24(13)15)14(25)9-12(20)8-11-4-2-1-3-5-11/h1-5,12-13,15H,6-10,20H2. The first-order valence-electron chi connectivity index (χ1n) is 8.14. The van der Waals surface area contributed by atoms with Crippen molar-refractivity contribution < 1.29 is 18.0 Å². The summed E-state index contributed by atoms with van der Waals surface area (Å²) in [5.41, 5.74) is 7.10. The molecule has 1 aromatic carbocycles. The second-order valence-electron chi connectivity index (χ2n) is 6.36. The molecule has 1 saturated heterocycles. The summed E-state index contributed by atoms with van der Waals surface area (Å²) in [6.07, 6.45) is -6.33. The highest BCUT2D eigenvalue weighted by Crippen LogP contribution is 2.33. The second-order valence-corrected chi connectivity index (χ2v) is 6.36. The molecule has 3 atom stereocenters. The SMILES string of the molecule is NC(CC(=O)N1CCN2C(C1)N=NC2C(F)(F)F)Cc1ccccc1. The molecule has 0 saturated carbocycles. The number of nitrogens with zero attached hydrogens (tertiary/aromatic N) is 4. The van der Waals surface area contributed by atoms with E-state index in [1.807, 2.05) is 30.3 Å². The largest absolute Gasteiger partial charge is 0.426 e. The van der Waals surface area contributed by atoms with Gasteiger partial charge in [0.1, 0.15) is 6.17 Å². The van der Waals surface area contributed by atoms with Gasteiger partial charge >= 0.3 is 6.18 Å². The van der Waals surface area contributed by atoms with Gasteiger partial charge in [-0.05, 0) is 12.0 Å². The number of hydrogen-bond acceptors (Lipinski definition) is 5. The normalized spacial score (nSPS) is 25.0. The number of azo groups is 1. The summed E-state index contributed by atoms with van der Waals surface area (Å²) >= 11 is 0. The summed E-state index contributed by atoms with van der Waals surface area (Å²) < 4.78 is 38.6. The van der Waals surface area contributed by atoms with E-state index in [2.05, 4.69) is 10.2 Å². The van der Waals surface area contributed by atoms with Crippen LogP contribution in [0.1, 0.15) is 12.0 Å². The van der Waals surface area contributed by atoms with Gasteiger partial charge in [-0.1, -0.05) is 30.3 Å². The van der Waals surface area contributed by atoms with Crippen molar-refractivity contribution in [3.63, 3.8) is 0 Å². The third-order valence-electron chi connectivity index (χ3n) is 4.44. The molecule has 136 valence electrons. The summed E-state index contributed by atoms with van der Waals surface area (Å²) in [5, 5.41) is 7.02. The Morgan fingerprint density at radius 3 is 2.64 bits per heavy atom. The molecule has 25 heavy (non-hydrogen) atoms. The average molecular weight is 355 g/mol. The average Bonchev–Trinajstić information content (AvgIpc) is 2.98. The first-order valence-corrected chi connectivity index (χ1v) is 8.14. The molecule has 1 aromatic rings. The van der Waals surface area contributed by atoms with Gasteiger partial charge in [-0.3, -0.25) is 4.79 Å². The zero-order chi connectivity index (χ0) is 18.0. The van der Waals surface area contributed by atoms with Crippen LogP contribution in [0.5, 0.6) is 0 Å². The minimum absolute atomic E-state index is 0.0987. The van der Waals surface area contributed by atoms with Crippen LogP contribution in [0.15, 0.2) is 40.6 Å². The minimum Gasteiger partial charge on any atom is -0.338 e. The van der Waals surface area contributed by atoms with Crippen LogP contribution in [0.4, 0.5) is 13.2 Å². The van der Waals surface area contributed by atoms with Gasteiger partial charge in [-0.15, -0.1) is 0 Å². The van der Waals surface area contributed by atoms with Gasteiger partial charge in [0.2, 0.25) is 12.1 Å². The van der Waals surface area contributed by atoms with Crippen LogP contribution in [-0.2, 0) is 11.2 Å². The molecule has 0 aromatic heterocycles. The number of hydrogen-bond donors (Lipinski definition) is 1. The maximum Gasteiger partial charge on any atom is 0.426 e. The smallest absolute Gasteiger partial charge is 0.338 e. The van der Waals surface area contributed by atoms with E-state index in [9.17, 15) is 18.0 Å². The van der Waals surface area contributed by atoms with E-state index in [1.165, 1.54) is 9.80 Å². The zero-order valence-corrected chi connectivity index (χ0v) is 13.6. The number of fused-ring (bicyclic) bond motifs is 1. The first-order chi connectivity index (χ1) is 11.8. The van der Waals surface area contributed by atoms with Crippen molar-refractivity contribution in [3.05, 3.63) is 35.9 Å². The van der Waals surface area contributed by atoms with Gasteiger partial charge in [-0.25, -0.2) is 4.90 Å². The van der Waals surface area contributed by atoms with E-state index in [-0.39, 0.29) is 38.0 Å². The topological polar surface area (TPSA) is 74.3 Å². The van der Waals surface area contributed by atoms with E-state index in [4.69, 9.17) is 5.73 Å². The van der Waals surface area contributed by atoms with Crippen LogP contribution in [0.25, 0.3) is 0 Å². The summed E-state index contributed by atoms with van der Waals surface area (Å²) in [7, 11) is 0. The molecule has 1 amide bonds. The lowest BCUT2D eigenvalue weighted by Crippen LogP contribution is -2.57. The zero-order valence-electron chi connectivity index (χ0n) is 13.6. The Balaban J connectivity index is 1.52. The lowest BCUT2D eigenvalue weighted by atomic mass is 10.0. The second kappa shape index (κ2) is 7.09. The van der Waals surface area contributed by atoms with Crippen LogP contribution >= 0.6 is 0 Å². The molecule has 3 rings (SSSR count). The highest BCUT2D eigenvalue weighted by molar-refractivity contribution is 5.77. The monoisotopic (exact) mass is 355 g/mol. The van der Waals surface area contributed by atoms with Crippen LogP contribution in [0.3, 0.4) is 0 Å². The summed E-state index contributed by atoms with van der Waals surface area (Å²) in [5.74, 6) is -0.159. The molecule has 2 aliphatic heterocycles. The summed E-state index contributed by atoms with van der Waals surface area (Å²) in [6, 6.07) is 9.28. The number of halogens is 3. The summed E-state index contributed by atoms with van der Waals surface area (Å²) in [6.45, 7) is 0.444. The van der Waals surface area contributed by atoms with E-state index < -0.39 is 18.5 Å². The number of amides is 1. The van der Waals surface area contributed by atoms with Gasteiger partial charge in [0.05, 0.1) is 6.54 Å². The number of piperazine rings is 1. The lowest BCUT2D eigenvalue weighted by Gasteiger charge is -2.38. The molecule has 9 heteroatoms. The molecule has 1 fully saturated rings. The predicted octanol–water partition coefficient (Wildman–Crippen LogP) is 1.77. The number of rotatable bonds is 4. The van der Waals surface area contributed by atoms with Crippen molar-refractivity contribution in [1.29, 1.82) is 0 Å². The highest BCUT2D eigenvalue weighted by atomic mass is 19.4. The van der Waals surface area contributed by atoms with E-state index >= 15 is 0 Å². The third kappa shape index (κ3) is 4.16. The van der Waals surface area contributed by atoms with Crippen molar-refractivity contribution in [2.75, 3.05) is 19.6 Å². The molecule has 0 aliphatic carbocycles. The minimum atomic E-state index is -4.44.